The number of cyclic esters (lactones) is 1. The smallest absolute Gasteiger partial charge is 0.309 e. The lowest BCUT2D eigenvalue weighted by molar-refractivity contribution is -0.156. The van der Waals surface area contributed by atoms with Crippen LogP contribution in [-0.2, 0) is 19.0 Å². The van der Waals surface area contributed by atoms with Crippen LogP contribution in [0.5, 0.6) is 5.75 Å². The minimum Gasteiger partial charge on any atom is -0.491 e. The number of hydrogen-bond donors (Lipinski definition) is 1. The summed E-state index contributed by atoms with van der Waals surface area (Å²) in [5.74, 6) is 0.135. The molecule has 0 radical (unpaired) electrons. The lowest BCUT2D eigenvalue weighted by Crippen LogP contribution is -2.31. The Balaban J connectivity index is 1.92. The summed E-state index contributed by atoms with van der Waals surface area (Å²) >= 11 is 0. The topological polar surface area (TPSA) is 74.2 Å². The number of benzene rings is 2. The predicted octanol–water partition coefficient (Wildman–Crippen LogP) is 4.74. The first-order valence-electron chi connectivity index (χ1n) is 11.6. The van der Waals surface area contributed by atoms with E-state index < -0.39 is 18.2 Å². The standard InChI is InChI=1S/C27H33FO6/c1-18(2)25-16-23(33-13-12-32-11-10-31-3)17-26(19-4-6-20(28)7-5-19)24(25)9-8-22-14-21(29)15-27(30)34-22/h4-9,16-18,21-22,29H,10-15H2,1-3H3. The maximum absolute atomic E-state index is 13.6. The molecular formula is C27H33FO6. The molecule has 1 fully saturated rings. The van der Waals surface area contributed by atoms with Gasteiger partial charge in [0.15, 0.2) is 0 Å². The molecule has 2 aromatic carbocycles. The van der Waals surface area contributed by atoms with E-state index in [0.717, 1.165) is 22.3 Å². The maximum atomic E-state index is 13.6. The first-order chi connectivity index (χ1) is 16.4. The van der Waals surface area contributed by atoms with E-state index in [9.17, 15) is 14.3 Å². The third-order valence-electron chi connectivity index (χ3n) is 5.56. The van der Waals surface area contributed by atoms with Crippen LogP contribution in [0, 0.1) is 5.82 Å². The summed E-state index contributed by atoms with van der Waals surface area (Å²) in [6.07, 6.45) is 2.88. The van der Waals surface area contributed by atoms with Gasteiger partial charge in [-0.15, -0.1) is 0 Å². The first kappa shape index (κ1) is 25.9. The van der Waals surface area contributed by atoms with Crippen molar-refractivity contribution >= 4 is 12.0 Å². The fourth-order valence-corrected chi connectivity index (χ4v) is 3.86. The van der Waals surface area contributed by atoms with Gasteiger partial charge in [0, 0.05) is 13.5 Å². The molecule has 184 valence electrons. The van der Waals surface area contributed by atoms with E-state index in [-0.39, 0.29) is 18.2 Å². The Kier molecular flexibility index (Phi) is 9.62. The van der Waals surface area contributed by atoms with Crippen molar-refractivity contribution in [2.75, 3.05) is 33.5 Å². The van der Waals surface area contributed by atoms with Gasteiger partial charge in [-0.3, -0.25) is 4.79 Å². The molecule has 0 aliphatic carbocycles. The Bertz CT molecular complexity index is 970. The Morgan fingerprint density at radius 1 is 1.15 bits per heavy atom. The van der Waals surface area contributed by atoms with E-state index in [2.05, 4.69) is 13.8 Å². The van der Waals surface area contributed by atoms with Crippen LogP contribution in [0.25, 0.3) is 17.2 Å². The van der Waals surface area contributed by atoms with Crippen LogP contribution in [0.3, 0.4) is 0 Å². The highest BCUT2D eigenvalue weighted by atomic mass is 19.1. The van der Waals surface area contributed by atoms with Gasteiger partial charge < -0.3 is 24.1 Å². The van der Waals surface area contributed by atoms with Gasteiger partial charge in [0.05, 0.1) is 32.3 Å². The van der Waals surface area contributed by atoms with Crippen molar-refractivity contribution in [2.24, 2.45) is 0 Å². The number of esters is 1. The van der Waals surface area contributed by atoms with Gasteiger partial charge in [-0.05, 0) is 58.5 Å². The Labute approximate surface area is 200 Å². The van der Waals surface area contributed by atoms with E-state index in [0.29, 0.717) is 38.6 Å². The van der Waals surface area contributed by atoms with Crippen molar-refractivity contribution in [3.05, 3.63) is 59.4 Å². The lowest BCUT2D eigenvalue weighted by atomic mass is 9.89. The second-order valence-electron chi connectivity index (χ2n) is 8.57. The van der Waals surface area contributed by atoms with Crippen LogP contribution in [0.1, 0.15) is 43.7 Å². The second kappa shape index (κ2) is 12.6. The van der Waals surface area contributed by atoms with Crippen molar-refractivity contribution in [1.29, 1.82) is 0 Å². The first-order valence-corrected chi connectivity index (χ1v) is 11.6. The normalized spacial score (nSPS) is 18.5. The highest BCUT2D eigenvalue weighted by Gasteiger charge is 2.25. The number of rotatable bonds is 11. The number of carbonyl (C=O) groups is 1. The third-order valence-corrected chi connectivity index (χ3v) is 5.56. The minimum absolute atomic E-state index is 0.0175. The summed E-state index contributed by atoms with van der Waals surface area (Å²) in [6.45, 7) is 6.02. The van der Waals surface area contributed by atoms with Crippen LogP contribution in [-0.4, -0.2) is 56.8 Å². The van der Waals surface area contributed by atoms with Crippen LogP contribution < -0.4 is 4.74 Å². The number of methoxy groups -OCH3 is 1. The van der Waals surface area contributed by atoms with Crippen LogP contribution in [0.15, 0.2) is 42.5 Å². The summed E-state index contributed by atoms with van der Waals surface area (Å²) in [6, 6.07) is 10.2. The molecule has 6 nitrogen and oxygen atoms in total. The average Bonchev–Trinajstić information content (AvgIpc) is 2.79. The maximum Gasteiger partial charge on any atom is 0.309 e. The zero-order chi connectivity index (χ0) is 24.5. The molecule has 34 heavy (non-hydrogen) atoms. The summed E-state index contributed by atoms with van der Waals surface area (Å²) in [4.78, 5) is 11.7. The van der Waals surface area contributed by atoms with E-state index in [4.69, 9.17) is 18.9 Å². The quantitative estimate of drug-likeness (QED) is 0.376. The fourth-order valence-electron chi connectivity index (χ4n) is 3.86. The molecule has 3 rings (SSSR count). The van der Waals surface area contributed by atoms with Crippen molar-refractivity contribution in [3.63, 3.8) is 0 Å². The van der Waals surface area contributed by atoms with Crippen molar-refractivity contribution in [1.82, 2.24) is 0 Å². The summed E-state index contributed by atoms with van der Waals surface area (Å²) in [7, 11) is 1.63. The summed E-state index contributed by atoms with van der Waals surface area (Å²) in [5.41, 5.74) is 3.68. The predicted molar refractivity (Wildman–Crippen MR) is 128 cm³/mol. The number of carbonyl (C=O) groups excluding carboxylic acids is 1. The average molecular weight is 473 g/mol. The molecule has 2 unspecified atom stereocenters. The molecule has 2 atom stereocenters. The minimum atomic E-state index is -0.709. The highest BCUT2D eigenvalue weighted by Crippen LogP contribution is 2.36. The van der Waals surface area contributed by atoms with E-state index in [1.807, 2.05) is 18.2 Å². The summed E-state index contributed by atoms with van der Waals surface area (Å²) in [5, 5.41) is 9.93. The Morgan fingerprint density at radius 2 is 1.88 bits per heavy atom. The molecule has 0 aromatic heterocycles. The zero-order valence-electron chi connectivity index (χ0n) is 20.0. The van der Waals surface area contributed by atoms with E-state index in [1.165, 1.54) is 12.1 Å². The van der Waals surface area contributed by atoms with Crippen molar-refractivity contribution < 1.29 is 33.2 Å². The largest absolute Gasteiger partial charge is 0.491 e. The molecule has 1 aliphatic rings. The molecule has 1 saturated heterocycles. The van der Waals surface area contributed by atoms with Gasteiger partial charge in [-0.2, -0.15) is 0 Å². The Hall–Kier alpha value is -2.74. The van der Waals surface area contributed by atoms with E-state index in [1.54, 1.807) is 25.3 Å². The highest BCUT2D eigenvalue weighted by molar-refractivity contribution is 5.79. The molecule has 0 bridgehead atoms. The molecule has 1 heterocycles. The van der Waals surface area contributed by atoms with Gasteiger partial charge in [-0.25, -0.2) is 4.39 Å². The number of ether oxygens (including phenoxy) is 4. The number of aliphatic hydroxyl groups is 1. The zero-order valence-corrected chi connectivity index (χ0v) is 20.0. The second-order valence-corrected chi connectivity index (χ2v) is 8.57. The fraction of sp³-hybridized carbons (Fsp3) is 0.444. The van der Waals surface area contributed by atoms with Crippen LogP contribution >= 0.6 is 0 Å². The van der Waals surface area contributed by atoms with Crippen LogP contribution in [0.2, 0.25) is 0 Å². The van der Waals surface area contributed by atoms with Gasteiger partial charge in [0.25, 0.3) is 0 Å². The molecule has 1 aliphatic heterocycles. The van der Waals surface area contributed by atoms with Crippen molar-refractivity contribution in [2.45, 2.75) is 44.8 Å². The van der Waals surface area contributed by atoms with Crippen LogP contribution in [0.4, 0.5) is 4.39 Å². The van der Waals surface area contributed by atoms with Gasteiger partial charge in [-0.1, -0.05) is 32.1 Å². The molecule has 0 amide bonds. The van der Waals surface area contributed by atoms with Gasteiger partial charge >= 0.3 is 5.97 Å². The van der Waals surface area contributed by atoms with Crippen molar-refractivity contribution in [3.8, 4) is 16.9 Å². The molecular weight excluding hydrogens is 439 g/mol. The SMILES string of the molecule is COCCOCCOc1cc(-c2ccc(F)cc2)c(C=CC2CC(O)CC(=O)O2)c(C(C)C)c1. The monoisotopic (exact) mass is 472 g/mol. The summed E-state index contributed by atoms with van der Waals surface area (Å²) < 4.78 is 35.4. The van der Waals surface area contributed by atoms with E-state index >= 15 is 0 Å². The third kappa shape index (κ3) is 7.38. The number of hydrogen-bond acceptors (Lipinski definition) is 6. The number of aliphatic hydroxyl groups excluding tert-OH is 1. The molecule has 1 N–H and O–H groups in total. The molecule has 0 saturated carbocycles. The number of halogens is 1. The molecule has 2 aromatic rings. The molecule has 0 spiro atoms. The Morgan fingerprint density at radius 3 is 2.56 bits per heavy atom. The van der Waals surface area contributed by atoms with Gasteiger partial charge in [0.2, 0.25) is 0 Å². The lowest BCUT2D eigenvalue weighted by Gasteiger charge is -2.24. The van der Waals surface area contributed by atoms with Gasteiger partial charge in [0.1, 0.15) is 24.3 Å². The molecule has 7 heteroatoms.